The summed E-state index contributed by atoms with van der Waals surface area (Å²) < 4.78 is 5.85. The van der Waals surface area contributed by atoms with Gasteiger partial charge in [-0.1, -0.05) is 11.6 Å². The molecular weight excluding hydrogens is 307 g/mol. The monoisotopic (exact) mass is 312 g/mol. The molecule has 1 rings (SSSR count). The van der Waals surface area contributed by atoms with Crippen molar-refractivity contribution in [1.82, 2.24) is 0 Å². The fourth-order valence-corrected chi connectivity index (χ4v) is 1.69. The lowest BCUT2D eigenvalue weighted by Gasteiger charge is -2.09. The zero-order valence-electron chi connectivity index (χ0n) is 7.41. The van der Waals surface area contributed by atoms with Crippen LogP contribution in [0.15, 0.2) is 22.7 Å². The summed E-state index contributed by atoms with van der Waals surface area (Å²) in [6.45, 7) is -0.100. The van der Waals surface area contributed by atoms with Gasteiger partial charge in [0.05, 0.1) is 4.47 Å². The van der Waals surface area contributed by atoms with E-state index in [4.69, 9.17) is 33.0 Å². The minimum atomic E-state index is -1.11. The van der Waals surface area contributed by atoms with Crippen molar-refractivity contribution in [3.05, 3.63) is 27.7 Å². The van der Waals surface area contributed by atoms with Gasteiger partial charge >= 0.3 is 5.97 Å². The number of ether oxygens (including phenoxy) is 1. The number of benzene rings is 1. The maximum absolute atomic E-state index is 10.4. The third-order valence-corrected chi connectivity index (χ3v) is 2.71. The van der Waals surface area contributed by atoms with E-state index < -0.39 is 11.3 Å². The van der Waals surface area contributed by atoms with Gasteiger partial charge in [0.2, 0.25) is 0 Å². The third-order valence-electron chi connectivity index (χ3n) is 1.55. The van der Waals surface area contributed by atoms with Gasteiger partial charge in [-0.3, -0.25) is 4.79 Å². The number of carbonyl (C=O) groups is 1. The Hall–Kier alpha value is -0.450. The summed E-state index contributed by atoms with van der Waals surface area (Å²) in [5.41, 5.74) is 0. The molecule has 0 aliphatic carbocycles. The molecule has 0 saturated heterocycles. The molecule has 6 heteroatoms. The van der Waals surface area contributed by atoms with Crippen LogP contribution >= 0.6 is 39.1 Å². The first kappa shape index (κ1) is 12.6. The highest BCUT2D eigenvalue weighted by Crippen LogP contribution is 2.28. The predicted molar refractivity (Wildman–Crippen MR) is 61.9 cm³/mol. The van der Waals surface area contributed by atoms with E-state index in [9.17, 15) is 4.79 Å². The average molecular weight is 314 g/mol. The normalized spacial score (nSPS) is 12.2. The lowest BCUT2D eigenvalue weighted by atomic mass is 10.3. The molecule has 0 bridgehead atoms. The predicted octanol–water partition coefficient (Wildman–Crippen LogP) is 3.17. The van der Waals surface area contributed by atoms with Crippen LogP contribution in [-0.2, 0) is 4.79 Å². The van der Waals surface area contributed by atoms with E-state index in [-0.39, 0.29) is 6.61 Å². The van der Waals surface area contributed by atoms with E-state index in [1.165, 1.54) is 0 Å². The zero-order valence-corrected chi connectivity index (χ0v) is 10.5. The molecule has 3 nitrogen and oxygen atoms in total. The highest BCUT2D eigenvalue weighted by molar-refractivity contribution is 9.10. The van der Waals surface area contributed by atoms with Crippen molar-refractivity contribution >= 4 is 45.1 Å². The second-order valence-electron chi connectivity index (χ2n) is 2.69. The van der Waals surface area contributed by atoms with Gasteiger partial charge in [0.1, 0.15) is 12.4 Å². The number of hydrogen-bond donors (Lipinski definition) is 1. The largest absolute Gasteiger partial charge is 0.490 e. The number of rotatable bonds is 4. The molecule has 1 N–H and O–H groups in total. The van der Waals surface area contributed by atoms with Gasteiger partial charge in [-0.05, 0) is 34.1 Å². The number of aliphatic carboxylic acids is 1. The Morgan fingerprint density at radius 1 is 1.60 bits per heavy atom. The maximum atomic E-state index is 10.4. The van der Waals surface area contributed by atoms with Crippen LogP contribution in [0, 0.1) is 0 Å². The minimum absolute atomic E-state index is 0.100. The Morgan fingerprint density at radius 3 is 2.80 bits per heavy atom. The second kappa shape index (κ2) is 5.58. The summed E-state index contributed by atoms with van der Waals surface area (Å²) in [6.07, 6.45) is 0. The topological polar surface area (TPSA) is 46.5 Å². The fourth-order valence-electron chi connectivity index (χ4n) is 0.826. The molecule has 0 aliphatic rings. The Morgan fingerprint density at radius 2 is 2.27 bits per heavy atom. The molecule has 0 heterocycles. The van der Waals surface area contributed by atoms with Crippen molar-refractivity contribution in [3.8, 4) is 5.75 Å². The summed E-state index contributed by atoms with van der Waals surface area (Å²) in [5.74, 6) is -0.604. The highest BCUT2D eigenvalue weighted by atomic mass is 79.9. The van der Waals surface area contributed by atoms with E-state index in [2.05, 4.69) is 15.9 Å². The first-order valence-corrected chi connectivity index (χ1v) is 5.56. The number of hydrogen-bond acceptors (Lipinski definition) is 2. The van der Waals surface area contributed by atoms with Gasteiger partial charge in [-0.15, -0.1) is 11.6 Å². The van der Waals surface area contributed by atoms with Gasteiger partial charge in [0, 0.05) is 5.02 Å². The Bertz CT molecular complexity index is 370. The molecule has 1 atom stereocenters. The average Bonchev–Trinajstić information content (AvgIpc) is 2.15. The quantitative estimate of drug-likeness (QED) is 0.868. The van der Waals surface area contributed by atoms with Crippen LogP contribution in [0.3, 0.4) is 0 Å². The van der Waals surface area contributed by atoms with Crippen LogP contribution in [0.5, 0.6) is 5.75 Å². The molecular formula is C9H7BrCl2O3. The van der Waals surface area contributed by atoms with Crippen molar-refractivity contribution in [2.45, 2.75) is 5.38 Å². The van der Waals surface area contributed by atoms with Gasteiger partial charge in [0.15, 0.2) is 5.38 Å². The molecule has 0 aromatic heterocycles. The smallest absolute Gasteiger partial charge is 0.325 e. The van der Waals surface area contributed by atoms with Crippen LogP contribution in [0.2, 0.25) is 5.02 Å². The fraction of sp³-hybridized carbons (Fsp3) is 0.222. The molecule has 0 radical (unpaired) electrons. The van der Waals surface area contributed by atoms with Crippen molar-refractivity contribution in [1.29, 1.82) is 0 Å². The van der Waals surface area contributed by atoms with E-state index in [1.807, 2.05) is 0 Å². The number of carboxylic acid groups (broad SMARTS) is 1. The second-order valence-corrected chi connectivity index (χ2v) is 4.51. The van der Waals surface area contributed by atoms with Crippen LogP contribution < -0.4 is 4.74 Å². The summed E-state index contributed by atoms with van der Waals surface area (Å²) in [4.78, 5) is 10.4. The molecule has 0 fully saturated rings. The number of carboxylic acids is 1. The maximum Gasteiger partial charge on any atom is 0.325 e. The molecule has 82 valence electrons. The molecule has 15 heavy (non-hydrogen) atoms. The van der Waals surface area contributed by atoms with Crippen molar-refractivity contribution in [2.75, 3.05) is 6.61 Å². The van der Waals surface area contributed by atoms with E-state index >= 15 is 0 Å². The number of alkyl halides is 1. The molecule has 0 aliphatic heterocycles. The Balaban J connectivity index is 2.62. The molecule has 1 unspecified atom stereocenters. The molecule has 0 spiro atoms. The zero-order chi connectivity index (χ0) is 11.4. The van der Waals surface area contributed by atoms with Crippen molar-refractivity contribution in [3.63, 3.8) is 0 Å². The van der Waals surface area contributed by atoms with Crippen molar-refractivity contribution < 1.29 is 14.6 Å². The van der Waals surface area contributed by atoms with E-state index in [1.54, 1.807) is 18.2 Å². The van der Waals surface area contributed by atoms with Crippen LogP contribution in [0.25, 0.3) is 0 Å². The molecule has 1 aromatic rings. The third kappa shape index (κ3) is 3.89. The van der Waals surface area contributed by atoms with E-state index in [0.717, 1.165) is 0 Å². The van der Waals surface area contributed by atoms with Gasteiger partial charge in [-0.2, -0.15) is 0 Å². The van der Waals surface area contributed by atoms with Gasteiger partial charge in [-0.25, -0.2) is 0 Å². The lowest BCUT2D eigenvalue weighted by molar-refractivity contribution is -0.137. The van der Waals surface area contributed by atoms with Crippen LogP contribution in [0.4, 0.5) is 0 Å². The SMILES string of the molecule is O=C(O)C(Cl)COc1ccc(Cl)cc1Br. The molecule has 0 amide bonds. The Kier molecular flexibility index (Phi) is 4.70. The van der Waals surface area contributed by atoms with Gasteiger partial charge in [0.25, 0.3) is 0 Å². The highest BCUT2D eigenvalue weighted by Gasteiger charge is 2.14. The lowest BCUT2D eigenvalue weighted by Crippen LogP contribution is -2.21. The number of halogens is 3. The minimum Gasteiger partial charge on any atom is -0.490 e. The molecule has 0 saturated carbocycles. The summed E-state index contributed by atoms with van der Waals surface area (Å²) in [7, 11) is 0. The summed E-state index contributed by atoms with van der Waals surface area (Å²) in [6, 6.07) is 4.93. The van der Waals surface area contributed by atoms with Crippen LogP contribution in [0.1, 0.15) is 0 Å². The summed E-state index contributed by atoms with van der Waals surface area (Å²) in [5, 5.41) is 8.03. The first-order valence-electron chi connectivity index (χ1n) is 3.95. The van der Waals surface area contributed by atoms with Gasteiger partial charge < -0.3 is 9.84 Å². The first-order chi connectivity index (χ1) is 7.00. The summed E-state index contributed by atoms with van der Waals surface area (Å²) >= 11 is 14.4. The standard InChI is InChI=1S/C9H7BrCl2O3/c10-6-3-5(11)1-2-8(6)15-4-7(12)9(13)14/h1-3,7H,4H2,(H,13,14). The van der Waals surface area contributed by atoms with Crippen LogP contribution in [-0.4, -0.2) is 23.1 Å². The Labute approximate surface area is 105 Å². The van der Waals surface area contributed by atoms with E-state index in [0.29, 0.717) is 15.2 Å². The van der Waals surface area contributed by atoms with Crippen molar-refractivity contribution in [2.24, 2.45) is 0 Å². The molecule has 1 aromatic carbocycles.